The van der Waals surface area contributed by atoms with Gasteiger partial charge in [0.1, 0.15) is 11.8 Å². The van der Waals surface area contributed by atoms with Crippen molar-refractivity contribution in [2.75, 3.05) is 12.0 Å². The van der Waals surface area contributed by atoms with Gasteiger partial charge in [0, 0.05) is 5.69 Å². The average Bonchev–Trinajstić information content (AvgIpc) is 2.78. The molecular formula is C25H24FNO2. The zero-order valence-corrected chi connectivity index (χ0v) is 16.4. The molecule has 0 aromatic heterocycles. The molecule has 3 aromatic carbocycles. The molecule has 0 radical (unpaired) electrons. The van der Waals surface area contributed by atoms with Gasteiger partial charge in [0.25, 0.3) is 5.91 Å². The molecule has 0 bridgehead atoms. The second kappa shape index (κ2) is 8.08. The first-order chi connectivity index (χ1) is 14.1. The summed E-state index contributed by atoms with van der Waals surface area (Å²) in [6.45, 7) is 0. The average molecular weight is 389 g/mol. The largest absolute Gasteiger partial charge is 0.497 e. The van der Waals surface area contributed by atoms with E-state index < -0.39 is 17.6 Å². The van der Waals surface area contributed by atoms with Gasteiger partial charge in [0.2, 0.25) is 5.67 Å². The highest BCUT2D eigenvalue weighted by Crippen LogP contribution is 2.51. The highest BCUT2D eigenvalue weighted by molar-refractivity contribution is 6.08. The number of aryl methyl sites for hydroxylation is 1. The molecule has 0 N–H and O–H groups in total. The van der Waals surface area contributed by atoms with Gasteiger partial charge < -0.3 is 4.74 Å². The summed E-state index contributed by atoms with van der Waals surface area (Å²) in [5, 5.41) is 0. The second-order valence-corrected chi connectivity index (χ2v) is 7.39. The Balaban J connectivity index is 1.59. The number of ether oxygens (including phenoxy) is 1. The summed E-state index contributed by atoms with van der Waals surface area (Å²) in [6.07, 6.45) is 1.56. The van der Waals surface area contributed by atoms with Gasteiger partial charge in [-0.05, 0) is 54.7 Å². The first-order valence-electron chi connectivity index (χ1n) is 9.89. The van der Waals surface area contributed by atoms with Crippen LogP contribution in [0.1, 0.15) is 30.0 Å². The maximum atomic E-state index is 16.0. The lowest BCUT2D eigenvalue weighted by molar-refractivity contribution is -0.143. The van der Waals surface area contributed by atoms with Crippen LogP contribution in [0.2, 0.25) is 0 Å². The number of alkyl halides is 1. The number of carbonyl (C=O) groups excluding carboxylic acids is 1. The highest BCUT2D eigenvalue weighted by atomic mass is 19.1. The topological polar surface area (TPSA) is 29.5 Å². The van der Waals surface area contributed by atoms with Crippen molar-refractivity contribution in [2.45, 2.75) is 31.0 Å². The van der Waals surface area contributed by atoms with E-state index in [1.54, 1.807) is 12.0 Å². The lowest BCUT2D eigenvalue weighted by Gasteiger charge is -2.51. The molecule has 148 valence electrons. The van der Waals surface area contributed by atoms with E-state index in [-0.39, 0.29) is 6.42 Å². The third-order valence-corrected chi connectivity index (χ3v) is 5.58. The van der Waals surface area contributed by atoms with Crippen LogP contribution < -0.4 is 9.64 Å². The number of para-hydroxylation sites is 1. The normalized spacial score (nSPS) is 21.0. The molecule has 1 saturated heterocycles. The Kier molecular flexibility index (Phi) is 5.34. The molecular weight excluding hydrogens is 365 g/mol. The Bertz CT molecular complexity index is 959. The molecule has 2 atom stereocenters. The Morgan fingerprint density at radius 3 is 2.17 bits per heavy atom. The smallest absolute Gasteiger partial charge is 0.267 e. The van der Waals surface area contributed by atoms with E-state index in [4.69, 9.17) is 4.74 Å². The monoisotopic (exact) mass is 389 g/mol. The Hall–Kier alpha value is -3.14. The summed E-state index contributed by atoms with van der Waals surface area (Å²) in [6, 6.07) is 26.0. The summed E-state index contributed by atoms with van der Waals surface area (Å²) in [5.41, 5.74) is 0.744. The van der Waals surface area contributed by atoms with Gasteiger partial charge in [-0.2, -0.15) is 0 Å². The maximum Gasteiger partial charge on any atom is 0.267 e. The molecule has 4 heteroatoms. The zero-order valence-electron chi connectivity index (χ0n) is 16.4. The SMILES string of the molecule is COc1ccc([C@H]2N(c3ccccc3)C(=O)[C@]2(F)CCCc2ccccc2)cc1. The standard InChI is InChI=1S/C25H24FNO2/c1-29-22-16-14-20(15-17-22)23-25(26,18-8-11-19-9-4-2-5-10-19)24(28)27(23)21-12-6-3-7-13-21/h2-7,9-10,12-17,23H,8,11,18H2,1H3/t23-,25+/m1/s1. The molecule has 1 aliphatic rings. The van der Waals surface area contributed by atoms with E-state index in [1.807, 2.05) is 84.9 Å². The Labute approximate surface area is 170 Å². The predicted octanol–water partition coefficient (Wildman–Crippen LogP) is 5.51. The summed E-state index contributed by atoms with van der Waals surface area (Å²) in [7, 11) is 1.60. The minimum Gasteiger partial charge on any atom is -0.497 e. The summed E-state index contributed by atoms with van der Waals surface area (Å²) < 4.78 is 21.3. The lowest BCUT2D eigenvalue weighted by atomic mass is 9.75. The minimum atomic E-state index is -1.90. The van der Waals surface area contributed by atoms with Gasteiger partial charge in [0.15, 0.2) is 0 Å². The molecule has 0 saturated carbocycles. The van der Waals surface area contributed by atoms with Crippen LogP contribution in [0, 0.1) is 0 Å². The lowest BCUT2D eigenvalue weighted by Crippen LogP contribution is -2.66. The van der Waals surface area contributed by atoms with Gasteiger partial charge >= 0.3 is 0 Å². The number of benzene rings is 3. The number of anilines is 1. The first kappa shape index (κ1) is 19.2. The van der Waals surface area contributed by atoms with Crippen molar-refractivity contribution in [1.82, 2.24) is 0 Å². The van der Waals surface area contributed by atoms with Crippen molar-refractivity contribution in [3.63, 3.8) is 0 Å². The van der Waals surface area contributed by atoms with Crippen LogP contribution in [0.4, 0.5) is 10.1 Å². The minimum absolute atomic E-state index is 0.195. The maximum absolute atomic E-state index is 16.0. The van der Waals surface area contributed by atoms with E-state index >= 15 is 4.39 Å². The van der Waals surface area contributed by atoms with Crippen LogP contribution in [0.3, 0.4) is 0 Å². The molecule has 1 fully saturated rings. The number of nitrogens with zero attached hydrogens (tertiary/aromatic N) is 1. The van der Waals surface area contributed by atoms with Crippen LogP contribution >= 0.6 is 0 Å². The van der Waals surface area contributed by atoms with E-state index in [1.165, 1.54) is 0 Å². The molecule has 3 nitrogen and oxygen atoms in total. The van der Waals surface area contributed by atoms with Crippen molar-refractivity contribution in [1.29, 1.82) is 0 Å². The third kappa shape index (κ3) is 3.63. The fourth-order valence-electron chi connectivity index (χ4n) is 4.07. The summed E-state index contributed by atoms with van der Waals surface area (Å²) in [4.78, 5) is 14.5. The second-order valence-electron chi connectivity index (χ2n) is 7.39. The van der Waals surface area contributed by atoms with E-state index in [9.17, 15) is 4.79 Å². The molecule has 1 amide bonds. The van der Waals surface area contributed by atoms with E-state index in [2.05, 4.69) is 0 Å². The number of rotatable bonds is 7. The van der Waals surface area contributed by atoms with Gasteiger partial charge in [-0.15, -0.1) is 0 Å². The van der Waals surface area contributed by atoms with Gasteiger partial charge in [-0.3, -0.25) is 9.69 Å². The molecule has 1 heterocycles. The predicted molar refractivity (Wildman–Crippen MR) is 113 cm³/mol. The van der Waals surface area contributed by atoms with Crippen LogP contribution in [0.25, 0.3) is 0 Å². The quantitative estimate of drug-likeness (QED) is 0.498. The number of β-lactam (4-membered cyclic amide) rings is 1. The van der Waals surface area contributed by atoms with E-state index in [0.717, 1.165) is 23.2 Å². The van der Waals surface area contributed by atoms with Crippen molar-refractivity contribution in [3.05, 3.63) is 96.1 Å². The summed E-state index contributed by atoms with van der Waals surface area (Å²) >= 11 is 0. The van der Waals surface area contributed by atoms with Crippen molar-refractivity contribution in [3.8, 4) is 5.75 Å². The Morgan fingerprint density at radius 1 is 0.931 bits per heavy atom. The number of amides is 1. The molecule has 1 aliphatic heterocycles. The number of carbonyl (C=O) groups is 1. The molecule has 0 aliphatic carbocycles. The fourth-order valence-corrected chi connectivity index (χ4v) is 4.07. The Morgan fingerprint density at radius 2 is 1.55 bits per heavy atom. The van der Waals surface area contributed by atoms with Crippen molar-refractivity contribution >= 4 is 11.6 Å². The number of halogens is 1. The van der Waals surface area contributed by atoms with Crippen LogP contribution in [-0.2, 0) is 11.2 Å². The van der Waals surface area contributed by atoms with Gasteiger partial charge in [0.05, 0.1) is 7.11 Å². The fraction of sp³-hybridized carbons (Fsp3) is 0.240. The van der Waals surface area contributed by atoms with Crippen molar-refractivity contribution in [2.24, 2.45) is 0 Å². The van der Waals surface area contributed by atoms with Crippen LogP contribution in [0.15, 0.2) is 84.9 Å². The van der Waals surface area contributed by atoms with Crippen LogP contribution in [-0.4, -0.2) is 18.7 Å². The van der Waals surface area contributed by atoms with Gasteiger partial charge in [-0.25, -0.2) is 4.39 Å². The van der Waals surface area contributed by atoms with E-state index in [0.29, 0.717) is 12.2 Å². The molecule has 0 spiro atoms. The van der Waals surface area contributed by atoms with Crippen molar-refractivity contribution < 1.29 is 13.9 Å². The number of hydrogen-bond acceptors (Lipinski definition) is 2. The zero-order chi connectivity index (χ0) is 20.3. The molecule has 3 aromatic rings. The molecule has 29 heavy (non-hydrogen) atoms. The van der Waals surface area contributed by atoms with Crippen LogP contribution in [0.5, 0.6) is 5.75 Å². The van der Waals surface area contributed by atoms with Gasteiger partial charge in [-0.1, -0.05) is 60.7 Å². The third-order valence-electron chi connectivity index (χ3n) is 5.58. The number of hydrogen-bond donors (Lipinski definition) is 0. The molecule has 0 unspecified atom stereocenters. The summed E-state index contributed by atoms with van der Waals surface area (Å²) in [5.74, 6) is 0.247. The highest BCUT2D eigenvalue weighted by Gasteiger charge is 2.62. The number of methoxy groups -OCH3 is 1. The molecule has 4 rings (SSSR count). The first-order valence-corrected chi connectivity index (χ1v) is 9.89.